The molecule has 108 valence electrons. The third-order valence-electron chi connectivity index (χ3n) is 3.01. The van der Waals surface area contributed by atoms with E-state index in [1.165, 1.54) is 0 Å². The summed E-state index contributed by atoms with van der Waals surface area (Å²) in [5, 5.41) is 0. The number of nitrogens with two attached hydrogens (primary N) is 1. The van der Waals surface area contributed by atoms with Crippen molar-refractivity contribution in [2.75, 3.05) is 13.7 Å². The molecule has 3 nitrogen and oxygen atoms in total. The Bertz CT molecular complexity index is 651. The monoisotopic (exact) mass is 281 g/mol. The molecule has 21 heavy (non-hydrogen) atoms. The van der Waals surface area contributed by atoms with Gasteiger partial charge in [0.05, 0.1) is 19.2 Å². The highest BCUT2D eigenvalue weighted by Gasteiger charge is 2.03. The molecule has 0 radical (unpaired) electrons. The van der Waals surface area contributed by atoms with Gasteiger partial charge in [-0.1, -0.05) is 30.0 Å². The van der Waals surface area contributed by atoms with Gasteiger partial charge in [-0.05, 0) is 42.3 Å². The number of aryl methyl sites for hydroxylation is 1. The van der Waals surface area contributed by atoms with Crippen molar-refractivity contribution in [1.82, 2.24) is 0 Å². The van der Waals surface area contributed by atoms with Crippen LogP contribution in [-0.2, 0) is 6.61 Å². The fourth-order valence-electron chi connectivity index (χ4n) is 1.90. The average Bonchev–Trinajstić information content (AvgIpc) is 2.52. The third-order valence-corrected chi connectivity index (χ3v) is 3.01. The van der Waals surface area contributed by atoms with Crippen LogP contribution in [0.15, 0.2) is 42.5 Å². The lowest BCUT2D eigenvalue weighted by Gasteiger charge is -2.09. The molecule has 0 heterocycles. The van der Waals surface area contributed by atoms with Crippen LogP contribution in [0.2, 0.25) is 0 Å². The Kier molecular flexibility index (Phi) is 5.25. The van der Waals surface area contributed by atoms with E-state index in [-0.39, 0.29) is 0 Å². The Morgan fingerprint density at radius 1 is 1.10 bits per heavy atom. The molecular weight excluding hydrogens is 262 g/mol. The Morgan fingerprint density at radius 2 is 1.86 bits per heavy atom. The maximum atomic E-state index is 5.86. The van der Waals surface area contributed by atoms with Crippen molar-refractivity contribution in [3.8, 4) is 23.3 Å². The van der Waals surface area contributed by atoms with Gasteiger partial charge in [0.25, 0.3) is 0 Å². The van der Waals surface area contributed by atoms with Gasteiger partial charge in [-0.3, -0.25) is 0 Å². The van der Waals surface area contributed by atoms with Crippen molar-refractivity contribution in [2.45, 2.75) is 13.5 Å². The summed E-state index contributed by atoms with van der Waals surface area (Å²) in [4.78, 5) is 0. The van der Waals surface area contributed by atoms with Crippen LogP contribution in [0, 0.1) is 18.8 Å². The summed E-state index contributed by atoms with van der Waals surface area (Å²) in [7, 11) is 1.65. The molecule has 0 aliphatic carbocycles. The maximum absolute atomic E-state index is 5.86. The van der Waals surface area contributed by atoms with E-state index in [1.54, 1.807) is 7.11 Å². The third kappa shape index (κ3) is 4.27. The highest BCUT2D eigenvalue weighted by Crippen LogP contribution is 2.21. The molecule has 0 aromatic heterocycles. The first-order chi connectivity index (χ1) is 10.2. The lowest BCUT2D eigenvalue weighted by molar-refractivity contribution is 0.305. The molecule has 0 fully saturated rings. The van der Waals surface area contributed by atoms with Crippen LogP contribution in [0.25, 0.3) is 0 Å². The Balaban J connectivity index is 2.11. The summed E-state index contributed by atoms with van der Waals surface area (Å²) >= 11 is 0. The standard InChI is InChI=1S/C18H19NO2/c1-14-5-10-18(16(12-14)4-3-11-19)21-13-15-6-8-17(20-2)9-7-15/h5-10,12H,11,13,19H2,1-2H3. The molecule has 0 unspecified atom stereocenters. The van der Waals surface area contributed by atoms with Gasteiger partial charge in [0.15, 0.2) is 0 Å². The smallest absolute Gasteiger partial charge is 0.135 e. The fraction of sp³-hybridized carbons (Fsp3) is 0.222. The molecule has 0 bridgehead atoms. The molecular formula is C18H19NO2. The minimum Gasteiger partial charge on any atom is -0.497 e. The van der Waals surface area contributed by atoms with Gasteiger partial charge in [0.1, 0.15) is 18.1 Å². The molecule has 0 amide bonds. The van der Waals surface area contributed by atoms with Gasteiger partial charge in [-0.2, -0.15) is 0 Å². The molecule has 0 atom stereocenters. The zero-order chi connectivity index (χ0) is 15.1. The van der Waals surface area contributed by atoms with Gasteiger partial charge in [0, 0.05) is 0 Å². The zero-order valence-electron chi connectivity index (χ0n) is 12.3. The van der Waals surface area contributed by atoms with Gasteiger partial charge in [-0.25, -0.2) is 0 Å². The van der Waals surface area contributed by atoms with Gasteiger partial charge < -0.3 is 15.2 Å². The number of methoxy groups -OCH3 is 1. The highest BCUT2D eigenvalue weighted by atomic mass is 16.5. The first-order valence-electron chi connectivity index (χ1n) is 6.78. The van der Waals surface area contributed by atoms with Gasteiger partial charge >= 0.3 is 0 Å². The van der Waals surface area contributed by atoms with Crippen molar-refractivity contribution in [1.29, 1.82) is 0 Å². The molecule has 2 rings (SSSR count). The maximum Gasteiger partial charge on any atom is 0.135 e. The number of ether oxygens (including phenoxy) is 2. The summed E-state index contributed by atoms with van der Waals surface area (Å²) < 4.78 is 11.0. The highest BCUT2D eigenvalue weighted by molar-refractivity contribution is 5.48. The quantitative estimate of drug-likeness (QED) is 0.876. The number of hydrogen-bond acceptors (Lipinski definition) is 3. The van der Waals surface area contributed by atoms with Crippen LogP contribution in [0.3, 0.4) is 0 Å². The first-order valence-corrected chi connectivity index (χ1v) is 6.78. The average molecular weight is 281 g/mol. The molecule has 0 saturated carbocycles. The largest absolute Gasteiger partial charge is 0.497 e. The lowest BCUT2D eigenvalue weighted by Crippen LogP contribution is -1.98. The molecule has 0 saturated heterocycles. The van der Waals surface area contributed by atoms with E-state index >= 15 is 0 Å². The van der Waals surface area contributed by atoms with E-state index in [2.05, 4.69) is 11.8 Å². The Hall–Kier alpha value is -2.44. The van der Waals surface area contributed by atoms with Crippen molar-refractivity contribution >= 4 is 0 Å². The molecule has 3 heteroatoms. The van der Waals surface area contributed by atoms with Crippen molar-refractivity contribution in [2.24, 2.45) is 5.73 Å². The Labute approximate surface area is 125 Å². The van der Waals surface area contributed by atoms with E-state index in [4.69, 9.17) is 15.2 Å². The number of rotatable bonds is 4. The zero-order valence-corrected chi connectivity index (χ0v) is 12.3. The molecule has 2 aromatic rings. The summed E-state index contributed by atoms with van der Waals surface area (Å²) in [6.45, 7) is 2.86. The van der Waals surface area contributed by atoms with E-state index in [9.17, 15) is 0 Å². The van der Waals surface area contributed by atoms with E-state index in [0.717, 1.165) is 28.2 Å². The molecule has 0 aliphatic rings. The SMILES string of the molecule is COc1ccc(COc2ccc(C)cc2C#CCN)cc1. The van der Waals surface area contributed by atoms with Crippen LogP contribution < -0.4 is 15.2 Å². The van der Waals surface area contributed by atoms with Crippen molar-refractivity contribution in [3.63, 3.8) is 0 Å². The summed E-state index contributed by atoms with van der Waals surface area (Å²) in [6, 6.07) is 13.8. The lowest BCUT2D eigenvalue weighted by atomic mass is 10.1. The minimum atomic E-state index is 0.339. The van der Waals surface area contributed by atoms with E-state index < -0.39 is 0 Å². The minimum absolute atomic E-state index is 0.339. The molecule has 0 aliphatic heterocycles. The molecule has 2 N–H and O–H groups in total. The second kappa shape index (κ2) is 7.37. The predicted octanol–water partition coefficient (Wildman–Crippen LogP) is 2.89. The summed E-state index contributed by atoms with van der Waals surface area (Å²) in [5.74, 6) is 7.53. The van der Waals surface area contributed by atoms with E-state index in [0.29, 0.717) is 13.2 Å². The van der Waals surface area contributed by atoms with Crippen LogP contribution in [0.5, 0.6) is 11.5 Å². The number of hydrogen-bond donors (Lipinski definition) is 1. The molecule has 0 spiro atoms. The summed E-state index contributed by atoms with van der Waals surface area (Å²) in [6.07, 6.45) is 0. The number of benzene rings is 2. The fourth-order valence-corrected chi connectivity index (χ4v) is 1.90. The first kappa shape index (κ1) is 15.0. The second-order valence-electron chi connectivity index (χ2n) is 4.64. The summed E-state index contributed by atoms with van der Waals surface area (Å²) in [5.41, 5.74) is 8.52. The Morgan fingerprint density at radius 3 is 2.52 bits per heavy atom. The van der Waals surface area contributed by atoms with Crippen LogP contribution >= 0.6 is 0 Å². The van der Waals surface area contributed by atoms with Crippen LogP contribution in [0.4, 0.5) is 0 Å². The normalized spacial score (nSPS) is 9.67. The van der Waals surface area contributed by atoms with Crippen LogP contribution in [-0.4, -0.2) is 13.7 Å². The topological polar surface area (TPSA) is 44.5 Å². The predicted molar refractivity (Wildman–Crippen MR) is 84.4 cm³/mol. The van der Waals surface area contributed by atoms with Gasteiger partial charge in [0.2, 0.25) is 0 Å². The van der Waals surface area contributed by atoms with Crippen molar-refractivity contribution < 1.29 is 9.47 Å². The molecule has 2 aromatic carbocycles. The van der Waals surface area contributed by atoms with Crippen LogP contribution in [0.1, 0.15) is 16.7 Å². The second-order valence-corrected chi connectivity index (χ2v) is 4.64. The van der Waals surface area contributed by atoms with Gasteiger partial charge in [-0.15, -0.1) is 0 Å². The van der Waals surface area contributed by atoms with E-state index in [1.807, 2.05) is 49.4 Å². The van der Waals surface area contributed by atoms with Crippen molar-refractivity contribution in [3.05, 3.63) is 59.2 Å².